The number of thiophene rings is 1. The molecule has 0 unspecified atom stereocenters. The summed E-state index contributed by atoms with van der Waals surface area (Å²) in [4.78, 5) is 36.9. The Labute approximate surface area is 165 Å². The van der Waals surface area contributed by atoms with E-state index in [1.54, 1.807) is 38.1 Å². The quantitative estimate of drug-likeness (QED) is 0.752. The van der Waals surface area contributed by atoms with Crippen LogP contribution in [0.4, 0.5) is 9.80 Å². The minimum atomic E-state index is -0.839. The zero-order chi connectivity index (χ0) is 20.0. The molecule has 0 spiro atoms. The summed E-state index contributed by atoms with van der Waals surface area (Å²) < 4.78 is 10.1. The molecule has 7 nitrogen and oxygen atoms in total. The van der Waals surface area contributed by atoms with Gasteiger partial charge < -0.3 is 14.8 Å². The summed E-state index contributed by atoms with van der Waals surface area (Å²) in [7, 11) is 0. The number of imide groups is 1. The third kappa shape index (κ3) is 5.70. The molecule has 2 rings (SSSR count). The zero-order valence-electron chi connectivity index (χ0n) is 15.1. The van der Waals surface area contributed by atoms with Crippen molar-refractivity contribution < 1.29 is 23.9 Å². The summed E-state index contributed by atoms with van der Waals surface area (Å²) in [5.74, 6) is -0.575. The van der Waals surface area contributed by atoms with E-state index in [2.05, 4.69) is 10.6 Å². The lowest BCUT2D eigenvalue weighted by Crippen LogP contribution is -2.32. The van der Waals surface area contributed by atoms with Crippen molar-refractivity contribution in [1.82, 2.24) is 5.32 Å². The smallest absolute Gasteiger partial charge is 0.414 e. The maximum absolute atomic E-state index is 12.4. The van der Waals surface area contributed by atoms with E-state index < -0.39 is 17.9 Å². The van der Waals surface area contributed by atoms with Gasteiger partial charge in [0.15, 0.2) is 6.61 Å². The molecule has 0 aliphatic heterocycles. The van der Waals surface area contributed by atoms with Crippen LogP contribution in [0.3, 0.4) is 0 Å². The van der Waals surface area contributed by atoms with Crippen molar-refractivity contribution >= 4 is 45.8 Å². The van der Waals surface area contributed by atoms with Gasteiger partial charge in [-0.25, -0.2) is 4.79 Å². The van der Waals surface area contributed by atoms with Crippen molar-refractivity contribution in [3.05, 3.63) is 45.3 Å². The van der Waals surface area contributed by atoms with Gasteiger partial charge in [0.05, 0.1) is 12.2 Å². The summed E-state index contributed by atoms with van der Waals surface area (Å²) in [6.07, 6.45) is -0.839. The highest BCUT2D eigenvalue weighted by Crippen LogP contribution is 2.32. The fraction of sp³-hybridized carbons (Fsp3) is 0.278. The normalized spacial score (nSPS) is 10.2. The van der Waals surface area contributed by atoms with Crippen LogP contribution in [0.5, 0.6) is 5.75 Å². The second kappa shape index (κ2) is 9.38. The highest BCUT2D eigenvalue weighted by Gasteiger charge is 2.23. The van der Waals surface area contributed by atoms with Gasteiger partial charge in [0.25, 0.3) is 11.8 Å². The molecule has 1 aromatic carbocycles. The number of amides is 3. The van der Waals surface area contributed by atoms with Crippen LogP contribution in [-0.4, -0.2) is 31.1 Å². The number of carbonyl (C=O) groups is 3. The summed E-state index contributed by atoms with van der Waals surface area (Å²) in [5, 5.41) is 5.70. The van der Waals surface area contributed by atoms with Crippen molar-refractivity contribution in [2.45, 2.75) is 20.8 Å². The molecule has 144 valence electrons. The Balaban J connectivity index is 2.05. The first-order valence-electron chi connectivity index (χ1n) is 8.08. The van der Waals surface area contributed by atoms with Gasteiger partial charge in [0, 0.05) is 9.90 Å². The molecule has 0 fully saturated rings. The fourth-order valence-corrected chi connectivity index (χ4v) is 3.35. The average Bonchev–Trinajstić information content (AvgIpc) is 2.88. The second-order valence-electron chi connectivity index (χ2n) is 5.45. The first-order valence-corrected chi connectivity index (χ1v) is 9.27. The molecular formula is C18H19ClN2O5S. The monoisotopic (exact) mass is 410 g/mol. The SMILES string of the molecule is CCOC(=O)NC(=O)c1c(NC(=O)COc2ccc(Cl)cc2)sc(C)c1C. The molecule has 0 saturated carbocycles. The molecule has 1 heterocycles. The molecule has 0 bridgehead atoms. The Morgan fingerprint density at radius 2 is 1.81 bits per heavy atom. The number of nitrogens with one attached hydrogen (secondary N) is 2. The van der Waals surface area contributed by atoms with Gasteiger partial charge in [-0.15, -0.1) is 11.3 Å². The van der Waals surface area contributed by atoms with Gasteiger partial charge in [-0.05, 0) is 50.6 Å². The minimum absolute atomic E-state index is 0.145. The first-order chi connectivity index (χ1) is 12.8. The molecule has 1 aromatic heterocycles. The third-order valence-corrected chi connectivity index (χ3v) is 4.91. The number of ether oxygens (including phenoxy) is 2. The van der Waals surface area contributed by atoms with E-state index in [4.69, 9.17) is 21.1 Å². The number of benzene rings is 1. The molecule has 27 heavy (non-hydrogen) atoms. The van der Waals surface area contributed by atoms with Crippen LogP contribution in [0.15, 0.2) is 24.3 Å². The third-order valence-electron chi connectivity index (χ3n) is 3.54. The predicted molar refractivity (Wildman–Crippen MR) is 104 cm³/mol. The van der Waals surface area contributed by atoms with Crippen LogP contribution in [0.2, 0.25) is 5.02 Å². The lowest BCUT2D eigenvalue weighted by atomic mass is 10.1. The van der Waals surface area contributed by atoms with Gasteiger partial charge in [-0.1, -0.05) is 11.6 Å². The molecule has 0 saturated heterocycles. The molecule has 3 amide bonds. The Bertz CT molecular complexity index is 848. The Morgan fingerprint density at radius 1 is 1.15 bits per heavy atom. The highest BCUT2D eigenvalue weighted by molar-refractivity contribution is 7.16. The summed E-state index contributed by atoms with van der Waals surface area (Å²) >= 11 is 7.04. The number of alkyl carbamates (subject to hydrolysis) is 1. The lowest BCUT2D eigenvalue weighted by molar-refractivity contribution is -0.118. The topological polar surface area (TPSA) is 93.7 Å². The standard InChI is InChI=1S/C18H19ClN2O5S/c1-4-25-18(24)21-16(23)15-10(2)11(3)27-17(15)20-14(22)9-26-13-7-5-12(19)6-8-13/h5-8H,4,9H2,1-3H3,(H,20,22)(H,21,23,24). The zero-order valence-corrected chi connectivity index (χ0v) is 16.6. The van der Waals surface area contributed by atoms with Crippen molar-refractivity contribution in [3.8, 4) is 5.75 Å². The van der Waals surface area contributed by atoms with Crippen molar-refractivity contribution in [3.63, 3.8) is 0 Å². The van der Waals surface area contributed by atoms with E-state index >= 15 is 0 Å². The summed E-state index contributed by atoms with van der Waals surface area (Å²) in [5.41, 5.74) is 0.904. The van der Waals surface area contributed by atoms with Gasteiger partial charge in [0.2, 0.25) is 0 Å². The number of anilines is 1. The molecule has 0 atom stereocenters. The number of carbonyl (C=O) groups excluding carboxylic acids is 3. The minimum Gasteiger partial charge on any atom is -0.484 e. The Kier molecular flexibility index (Phi) is 7.20. The van der Waals surface area contributed by atoms with Crippen molar-refractivity contribution in [2.75, 3.05) is 18.5 Å². The van der Waals surface area contributed by atoms with E-state index in [9.17, 15) is 14.4 Å². The van der Waals surface area contributed by atoms with Crippen LogP contribution < -0.4 is 15.4 Å². The van der Waals surface area contributed by atoms with Crippen LogP contribution >= 0.6 is 22.9 Å². The summed E-state index contributed by atoms with van der Waals surface area (Å²) in [6, 6.07) is 6.59. The van der Waals surface area contributed by atoms with Gasteiger partial charge >= 0.3 is 6.09 Å². The van der Waals surface area contributed by atoms with E-state index in [0.717, 1.165) is 4.88 Å². The molecule has 2 aromatic rings. The summed E-state index contributed by atoms with van der Waals surface area (Å²) in [6.45, 7) is 5.10. The van der Waals surface area contributed by atoms with Gasteiger partial charge in [-0.3, -0.25) is 14.9 Å². The van der Waals surface area contributed by atoms with Crippen LogP contribution in [0.25, 0.3) is 0 Å². The van der Waals surface area contributed by atoms with Gasteiger partial charge in [-0.2, -0.15) is 0 Å². The molecule has 2 N–H and O–H groups in total. The van der Waals surface area contributed by atoms with E-state index in [0.29, 0.717) is 21.3 Å². The van der Waals surface area contributed by atoms with E-state index in [1.165, 1.54) is 11.3 Å². The Morgan fingerprint density at radius 3 is 2.44 bits per heavy atom. The predicted octanol–water partition coefficient (Wildman–Crippen LogP) is 3.92. The Hall–Kier alpha value is -2.58. The second-order valence-corrected chi connectivity index (χ2v) is 7.11. The van der Waals surface area contributed by atoms with E-state index in [-0.39, 0.29) is 18.8 Å². The lowest BCUT2D eigenvalue weighted by Gasteiger charge is -2.09. The number of halogens is 1. The van der Waals surface area contributed by atoms with Crippen molar-refractivity contribution in [1.29, 1.82) is 0 Å². The average molecular weight is 411 g/mol. The molecule has 0 radical (unpaired) electrons. The fourth-order valence-electron chi connectivity index (χ4n) is 2.15. The molecule has 9 heteroatoms. The van der Waals surface area contributed by atoms with Crippen LogP contribution in [0.1, 0.15) is 27.7 Å². The van der Waals surface area contributed by atoms with Crippen molar-refractivity contribution in [2.24, 2.45) is 0 Å². The maximum Gasteiger partial charge on any atom is 0.414 e. The van der Waals surface area contributed by atoms with Crippen LogP contribution in [0, 0.1) is 13.8 Å². The van der Waals surface area contributed by atoms with E-state index in [1.807, 2.05) is 6.92 Å². The number of aryl methyl sites for hydroxylation is 1. The number of hydrogen-bond donors (Lipinski definition) is 2. The number of rotatable bonds is 6. The van der Waals surface area contributed by atoms with Crippen LogP contribution in [-0.2, 0) is 9.53 Å². The number of hydrogen-bond acceptors (Lipinski definition) is 6. The van der Waals surface area contributed by atoms with Gasteiger partial charge in [0.1, 0.15) is 10.8 Å². The molecule has 0 aliphatic rings. The maximum atomic E-state index is 12.4. The molecule has 0 aliphatic carbocycles. The molecular weight excluding hydrogens is 392 g/mol. The first kappa shape index (κ1) is 20.7. The highest BCUT2D eigenvalue weighted by atomic mass is 35.5. The largest absolute Gasteiger partial charge is 0.484 e.